The Labute approximate surface area is 199 Å². The number of fused-ring (bicyclic) bond motifs is 1. The van der Waals surface area contributed by atoms with Crippen LogP contribution in [0.5, 0.6) is 5.75 Å². The number of nitrogens with zero attached hydrogens (tertiary/aromatic N) is 3. The first-order valence-electron chi connectivity index (χ1n) is 11.9. The number of hydrogen-bond acceptors (Lipinski definition) is 5. The lowest BCUT2D eigenvalue weighted by Crippen LogP contribution is -2.25. The molecule has 1 N–H and O–H groups in total. The van der Waals surface area contributed by atoms with Crippen molar-refractivity contribution in [3.63, 3.8) is 0 Å². The van der Waals surface area contributed by atoms with E-state index in [4.69, 9.17) is 4.74 Å². The summed E-state index contributed by atoms with van der Waals surface area (Å²) in [6, 6.07) is 25.5. The maximum atomic E-state index is 12.5. The molecule has 2 heterocycles. The predicted octanol–water partition coefficient (Wildman–Crippen LogP) is 5.69. The van der Waals surface area contributed by atoms with Crippen LogP contribution in [0.3, 0.4) is 0 Å². The molecule has 4 aromatic rings. The van der Waals surface area contributed by atoms with Crippen molar-refractivity contribution in [2.75, 3.05) is 29.9 Å². The van der Waals surface area contributed by atoms with Crippen LogP contribution in [0.15, 0.2) is 78.9 Å². The summed E-state index contributed by atoms with van der Waals surface area (Å²) >= 11 is 0. The Morgan fingerprint density at radius 2 is 1.65 bits per heavy atom. The van der Waals surface area contributed by atoms with Crippen LogP contribution in [0.4, 0.5) is 11.5 Å². The van der Waals surface area contributed by atoms with Gasteiger partial charge in [0.15, 0.2) is 12.4 Å². The Balaban J connectivity index is 1.20. The normalized spacial score (nSPS) is 13.9. The number of carbonyl (C=O) groups is 1. The number of amides is 1. The van der Waals surface area contributed by atoms with Gasteiger partial charge in [0.2, 0.25) is 0 Å². The molecule has 1 saturated heterocycles. The second-order valence-electron chi connectivity index (χ2n) is 8.60. The molecule has 34 heavy (non-hydrogen) atoms. The van der Waals surface area contributed by atoms with Gasteiger partial charge in [-0.1, -0.05) is 55.3 Å². The Morgan fingerprint density at radius 3 is 2.44 bits per heavy atom. The fourth-order valence-electron chi connectivity index (χ4n) is 4.31. The van der Waals surface area contributed by atoms with E-state index in [0.29, 0.717) is 11.4 Å². The number of nitrogens with one attached hydrogen (secondary N) is 1. The fourth-order valence-corrected chi connectivity index (χ4v) is 4.31. The topological polar surface area (TPSA) is 67.3 Å². The minimum Gasteiger partial charge on any atom is -0.484 e. The summed E-state index contributed by atoms with van der Waals surface area (Å²) in [6.45, 7) is 2.01. The monoisotopic (exact) mass is 452 g/mol. The molecule has 1 aromatic heterocycles. The highest BCUT2D eigenvalue weighted by Gasteiger charge is 2.12. The third-order valence-electron chi connectivity index (χ3n) is 6.11. The van der Waals surface area contributed by atoms with Crippen molar-refractivity contribution in [2.45, 2.75) is 25.7 Å². The maximum Gasteiger partial charge on any atom is 0.262 e. The van der Waals surface area contributed by atoms with E-state index in [9.17, 15) is 4.79 Å². The van der Waals surface area contributed by atoms with Gasteiger partial charge in [0.05, 0.1) is 5.69 Å². The third kappa shape index (κ3) is 5.34. The highest BCUT2D eigenvalue weighted by atomic mass is 16.5. The van der Waals surface area contributed by atoms with Crippen LogP contribution in [0.25, 0.3) is 22.0 Å². The highest BCUT2D eigenvalue weighted by Crippen LogP contribution is 2.24. The molecule has 0 aliphatic carbocycles. The summed E-state index contributed by atoms with van der Waals surface area (Å²) < 4.78 is 5.70. The van der Waals surface area contributed by atoms with Crippen molar-refractivity contribution >= 4 is 28.2 Å². The van der Waals surface area contributed by atoms with E-state index in [1.165, 1.54) is 25.7 Å². The van der Waals surface area contributed by atoms with Crippen molar-refractivity contribution in [1.82, 2.24) is 10.2 Å². The van der Waals surface area contributed by atoms with Crippen LogP contribution in [-0.4, -0.2) is 35.8 Å². The summed E-state index contributed by atoms with van der Waals surface area (Å²) in [5, 5.41) is 14.0. The zero-order valence-electron chi connectivity index (χ0n) is 19.1. The van der Waals surface area contributed by atoms with Gasteiger partial charge in [-0.2, -0.15) is 0 Å². The Bertz CT molecular complexity index is 1260. The molecule has 0 saturated carbocycles. The molecule has 0 bridgehead atoms. The standard InChI is InChI=1S/C28H28N4O2/c33-28(20-34-25-13-12-21-8-3-4-9-22(21)19-25)29-24-11-7-10-23(18-24)26-14-15-27(31-30-26)32-16-5-1-2-6-17-32/h3-4,7-15,18-19H,1-2,5-6,16-17,20H2,(H,29,33). The van der Waals surface area contributed by atoms with Gasteiger partial charge >= 0.3 is 0 Å². The van der Waals surface area contributed by atoms with Gasteiger partial charge in [-0.05, 0) is 60.0 Å². The second-order valence-corrected chi connectivity index (χ2v) is 8.60. The van der Waals surface area contributed by atoms with E-state index in [2.05, 4.69) is 20.4 Å². The number of aromatic nitrogens is 2. The zero-order chi connectivity index (χ0) is 23.2. The van der Waals surface area contributed by atoms with Crippen LogP contribution in [0.1, 0.15) is 25.7 Å². The molecule has 0 spiro atoms. The molecule has 5 rings (SSSR count). The first-order valence-corrected chi connectivity index (χ1v) is 11.9. The molecular weight excluding hydrogens is 424 g/mol. The quantitative estimate of drug-likeness (QED) is 0.407. The molecule has 1 fully saturated rings. The van der Waals surface area contributed by atoms with Gasteiger partial charge in [-0.25, -0.2) is 0 Å². The van der Waals surface area contributed by atoms with E-state index in [1.54, 1.807) is 0 Å². The van der Waals surface area contributed by atoms with Crippen molar-refractivity contribution in [3.8, 4) is 17.0 Å². The van der Waals surface area contributed by atoms with Crippen molar-refractivity contribution in [3.05, 3.63) is 78.9 Å². The smallest absolute Gasteiger partial charge is 0.262 e. The molecule has 172 valence electrons. The summed E-state index contributed by atoms with van der Waals surface area (Å²) in [5.74, 6) is 1.39. The summed E-state index contributed by atoms with van der Waals surface area (Å²) in [6.07, 6.45) is 4.98. The Kier molecular flexibility index (Phi) is 6.66. The largest absolute Gasteiger partial charge is 0.484 e. The summed E-state index contributed by atoms with van der Waals surface area (Å²) in [5.41, 5.74) is 2.38. The van der Waals surface area contributed by atoms with Crippen LogP contribution in [0, 0.1) is 0 Å². The van der Waals surface area contributed by atoms with E-state index in [1.807, 2.05) is 78.9 Å². The summed E-state index contributed by atoms with van der Waals surface area (Å²) in [4.78, 5) is 14.8. The Morgan fingerprint density at radius 1 is 0.824 bits per heavy atom. The molecule has 3 aromatic carbocycles. The lowest BCUT2D eigenvalue weighted by atomic mass is 10.1. The molecule has 0 unspecified atom stereocenters. The third-order valence-corrected chi connectivity index (χ3v) is 6.11. The Hall–Kier alpha value is -3.93. The van der Waals surface area contributed by atoms with Gasteiger partial charge in [0.25, 0.3) is 5.91 Å². The molecule has 1 aliphatic heterocycles. The summed E-state index contributed by atoms with van der Waals surface area (Å²) in [7, 11) is 0. The fraction of sp³-hybridized carbons (Fsp3) is 0.250. The second kappa shape index (κ2) is 10.3. The number of carbonyl (C=O) groups excluding carboxylic acids is 1. The van der Waals surface area contributed by atoms with Crippen LogP contribution < -0.4 is 15.0 Å². The lowest BCUT2D eigenvalue weighted by molar-refractivity contribution is -0.118. The number of benzene rings is 3. The van der Waals surface area contributed by atoms with Gasteiger partial charge in [-0.15, -0.1) is 10.2 Å². The minimum atomic E-state index is -0.215. The first kappa shape index (κ1) is 21.9. The average Bonchev–Trinajstić information content (AvgIpc) is 3.17. The van der Waals surface area contributed by atoms with Crippen LogP contribution in [0.2, 0.25) is 0 Å². The van der Waals surface area contributed by atoms with E-state index in [0.717, 1.165) is 40.9 Å². The van der Waals surface area contributed by atoms with E-state index >= 15 is 0 Å². The van der Waals surface area contributed by atoms with E-state index in [-0.39, 0.29) is 12.5 Å². The number of ether oxygens (including phenoxy) is 1. The van der Waals surface area contributed by atoms with Gasteiger partial charge in [-0.3, -0.25) is 4.79 Å². The zero-order valence-corrected chi connectivity index (χ0v) is 19.1. The van der Waals surface area contributed by atoms with Crippen molar-refractivity contribution in [2.24, 2.45) is 0 Å². The van der Waals surface area contributed by atoms with Gasteiger partial charge in [0.1, 0.15) is 5.75 Å². The number of rotatable bonds is 6. The maximum absolute atomic E-state index is 12.5. The molecule has 6 heteroatoms. The van der Waals surface area contributed by atoms with Crippen LogP contribution in [-0.2, 0) is 4.79 Å². The molecule has 0 radical (unpaired) electrons. The molecule has 1 aliphatic rings. The number of anilines is 2. The highest BCUT2D eigenvalue weighted by molar-refractivity contribution is 5.92. The van der Waals surface area contributed by atoms with E-state index < -0.39 is 0 Å². The number of hydrogen-bond donors (Lipinski definition) is 1. The van der Waals surface area contributed by atoms with Gasteiger partial charge < -0.3 is 15.0 Å². The van der Waals surface area contributed by atoms with Crippen LogP contribution >= 0.6 is 0 Å². The molecule has 1 amide bonds. The SMILES string of the molecule is O=C(COc1ccc2ccccc2c1)Nc1cccc(-c2ccc(N3CCCCCC3)nn2)c1. The predicted molar refractivity (Wildman–Crippen MR) is 136 cm³/mol. The first-order chi connectivity index (χ1) is 16.7. The lowest BCUT2D eigenvalue weighted by Gasteiger charge is -2.20. The molecule has 0 atom stereocenters. The molecular formula is C28H28N4O2. The average molecular weight is 453 g/mol. The van der Waals surface area contributed by atoms with Crippen molar-refractivity contribution in [1.29, 1.82) is 0 Å². The van der Waals surface area contributed by atoms with Gasteiger partial charge in [0, 0.05) is 24.3 Å². The van der Waals surface area contributed by atoms with Crippen molar-refractivity contribution < 1.29 is 9.53 Å². The molecule has 6 nitrogen and oxygen atoms in total. The minimum absolute atomic E-state index is 0.0626.